The van der Waals surface area contributed by atoms with Crippen molar-refractivity contribution in [1.82, 2.24) is 0 Å². The number of ether oxygens (including phenoxy) is 1. The summed E-state index contributed by atoms with van der Waals surface area (Å²) in [4.78, 5) is 12.3. The lowest BCUT2D eigenvalue weighted by Crippen LogP contribution is -2.26. The molecule has 1 aromatic carbocycles. The molecule has 0 aliphatic carbocycles. The second-order valence-corrected chi connectivity index (χ2v) is 5.56. The van der Waals surface area contributed by atoms with Crippen LogP contribution in [0.25, 0.3) is 0 Å². The Bertz CT molecular complexity index is 519. The van der Waals surface area contributed by atoms with E-state index in [0.29, 0.717) is 23.1 Å². The number of hydrogen-bond acceptors (Lipinski definition) is 4. The van der Waals surface area contributed by atoms with Gasteiger partial charge in [0.05, 0.1) is 0 Å². The fraction of sp³-hybridized carbons (Fsp3) is 0.533. The molecule has 4 heteroatoms. The molecule has 0 radical (unpaired) electrons. The Morgan fingerprint density at radius 2 is 2.11 bits per heavy atom. The minimum absolute atomic E-state index is 0.0147. The largest absolute Gasteiger partial charge is 0.504 e. The molecule has 0 spiro atoms. The Labute approximate surface area is 113 Å². The van der Waals surface area contributed by atoms with Crippen LogP contribution in [0.2, 0.25) is 0 Å². The number of rotatable bonds is 2. The third kappa shape index (κ3) is 2.32. The maximum atomic E-state index is 12.3. The smallest absolute Gasteiger partial charge is 0.198 e. The lowest BCUT2D eigenvalue weighted by atomic mass is 9.84. The number of aryl methyl sites for hydroxylation is 1. The predicted molar refractivity (Wildman–Crippen MR) is 71.7 cm³/mol. The monoisotopic (exact) mass is 264 g/mol. The van der Waals surface area contributed by atoms with Crippen LogP contribution in [0, 0.1) is 12.8 Å². The molecule has 2 atom stereocenters. The van der Waals surface area contributed by atoms with Gasteiger partial charge in [0.1, 0.15) is 0 Å². The SMILES string of the molecule is Cc1cc(C(=O)C(C)C)c2c(c1O)OC(O)CC2C. The van der Waals surface area contributed by atoms with Crippen molar-refractivity contribution in [3.63, 3.8) is 0 Å². The second kappa shape index (κ2) is 4.85. The predicted octanol–water partition coefficient (Wildman–Crippen LogP) is 2.74. The molecule has 0 amide bonds. The Morgan fingerprint density at radius 3 is 2.68 bits per heavy atom. The molecule has 104 valence electrons. The Kier molecular flexibility index (Phi) is 3.54. The third-order valence-electron chi connectivity index (χ3n) is 3.58. The van der Waals surface area contributed by atoms with Crippen LogP contribution in [-0.4, -0.2) is 22.3 Å². The van der Waals surface area contributed by atoms with Crippen LogP contribution in [0.1, 0.15) is 54.6 Å². The topological polar surface area (TPSA) is 66.8 Å². The molecular formula is C15H20O4. The van der Waals surface area contributed by atoms with E-state index in [2.05, 4.69) is 0 Å². The first-order valence-corrected chi connectivity index (χ1v) is 6.58. The quantitative estimate of drug-likeness (QED) is 0.806. The average molecular weight is 264 g/mol. The summed E-state index contributed by atoms with van der Waals surface area (Å²) in [7, 11) is 0. The van der Waals surface area contributed by atoms with Crippen LogP contribution in [0.5, 0.6) is 11.5 Å². The molecular weight excluding hydrogens is 244 g/mol. The minimum Gasteiger partial charge on any atom is -0.504 e. The standard InChI is InChI=1S/C15H20O4/c1-7(2)13(17)10-5-9(4)14(18)15-12(10)8(3)6-11(16)19-15/h5,7-8,11,16,18H,6H2,1-4H3. The number of aliphatic hydroxyl groups is 1. The van der Waals surface area contributed by atoms with E-state index in [9.17, 15) is 15.0 Å². The number of ketones is 1. The van der Waals surface area contributed by atoms with E-state index in [1.165, 1.54) is 0 Å². The van der Waals surface area contributed by atoms with Gasteiger partial charge in [-0.05, 0) is 24.5 Å². The van der Waals surface area contributed by atoms with E-state index in [1.54, 1.807) is 13.0 Å². The van der Waals surface area contributed by atoms with Crippen LogP contribution in [0.3, 0.4) is 0 Å². The number of phenols is 1. The van der Waals surface area contributed by atoms with E-state index in [0.717, 1.165) is 0 Å². The molecule has 4 nitrogen and oxygen atoms in total. The molecule has 1 aromatic rings. The number of benzene rings is 1. The molecule has 1 aliphatic heterocycles. The number of aliphatic hydroxyl groups excluding tert-OH is 1. The normalized spacial score (nSPS) is 22.0. The van der Waals surface area contributed by atoms with Crippen molar-refractivity contribution in [3.8, 4) is 11.5 Å². The Morgan fingerprint density at radius 1 is 1.47 bits per heavy atom. The number of Topliss-reactive ketones (excluding diaryl/α,β-unsaturated/α-hetero) is 1. The minimum atomic E-state index is -0.933. The fourth-order valence-corrected chi connectivity index (χ4v) is 2.52. The van der Waals surface area contributed by atoms with Crippen LogP contribution in [0.4, 0.5) is 0 Å². The summed E-state index contributed by atoms with van der Waals surface area (Å²) in [6, 6.07) is 1.72. The molecule has 0 bridgehead atoms. The summed E-state index contributed by atoms with van der Waals surface area (Å²) in [5.74, 6) is 0.164. The molecule has 0 aromatic heterocycles. The van der Waals surface area contributed by atoms with Crippen molar-refractivity contribution in [3.05, 3.63) is 22.8 Å². The van der Waals surface area contributed by atoms with Gasteiger partial charge in [-0.2, -0.15) is 0 Å². The molecule has 1 aliphatic rings. The summed E-state index contributed by atoms with van der Waals surface area (Å²) >= 11 is 0. The molecule has 2 unspecified atom stereocenters. The highest BCUT2D eigenvalue weighted by atomic mass is 16.6. The lowest BCUT2D eigenvalue weighted by molar-refractivity contribution is -0.0393. The highest BCUT2D eigenvalue weighted by Gasteiger charge is 2.32. The van der Waals surface area contributed by atoms with E-state index in [4.69, 9.17) is 4.74 Å². The van der Waals surface area contributed by atoms with Crippen LogP contribution in [0.15, 0.2) is 6.07 Å². The number of carbonyl (C=O) groups excluding carboxylic acids is 1. The van der Waals surface area contributed by atoms with E-state index < -0.39 is 6.29 Å². The highest BCUT2D eigenvalue weighted by molar-refractivity contribution is 6.00. The maximum Gasteiger partial charge on any atom is 0.198 e. The lowest BCUT2D eigenvalue weighted by Gasteiger charge is -2.30. The fourth-order valence-electron chi connectivity index (χ4n) is 2.52. The van der Waals surface area contributed by atoms with Crippen molar-refractivity contribution in [1.29, 1.82) is 0 Å². The molecule has 19 heavy (non-hydrogen) atoms. The van der Waals surface area contributed by atoms with Crippen molar-refractivity contribution in [2.45, 2.75) is 46.3 Å². The summed E-state index contributed by atoms with van der Waals surface area (Å²) in [5, 5.41) is 19.7. The molecule has 0 saturated carbocycles. The summed E-state index contributed by atoms with van der Waals surface area (Å²) in [5.41, 5.74) is 1.90. The van der Waals surface area contributed by atoms with E-state index in [-0.39, 0.29) is 29.1 Å². The van der Waals surface area contributed by atoms with Crippen LogP contribution >= 0.6 is 0 Å². The number of hydrogen-bond donors (Lipinski definition) is 2. The molecule has 2 rings (SSSR count). The van der Waals surface area contributed by atoms with Crippen molar-refractivity contribution in [2.75, 3.05) is 0 Å². The van der Waals surface area contributed by atoms with Crippen molar-refractivity contribution < 1.29 is 19.7 Å². The first-order valence-electron chi connectivity index (χ1n) is 6.58. The van der Waals surface area contributed by atoms with Gasteiger partial charge in [0.2, 0.25) is 0 Å². The summed E-state index contributed by atoms with van der Waals surface area (Å²) in [6.07, 6.45) is -0.509. The van der Waals surface area contributed by atoms with Crippen molar-refractivity contribution >= 4 is 5.78 Å². The van der Waals surface area contributed by atoms with Gasteiger partial charge in [0, 0.05) is 23.5 Å². The molecule has 0 saturated heterocycles. The maximum absolute atomic E-state index is 12.3. The first kappa shape index (κ1) is 13.9. The number of phenolic OH excluding ortho intramolecular Hbond substituents is 1. The zero-order valence-electron chi connectivity index (χ0n) is 11.7. The highest BCUT2D eigenvalue weighted by Crippen LogP contribution is 2.45. The first-order chi connectivity index (χ1) is 8.82. The van der Waals surface area contributed by atoms with Crippen LogP contribution in [-0.2, 0) is 0 Å². The second-order valence-electron chi connectivity index (χ2n) is 5.56. The van der Waals surface area contributed by atoms with Gasteiger partial charge in [-0.1, -0.05) is 20.8 Å². The number of fused-ring (bicyclic) bond motifs is 1. The van der Waals surface area contributed by atoms with Gasteiger partial charge >= 0.3 is 0 Å². The number of aromatic hydroxyl groups is 1. The van der Waals surface area contributed by atoms with Gasteiger partial charge in [-0.25, -0.2) is 0 Å². The van der Waals surface area contributed by atoms with Gasteiger partial charge < -0.3 is 14.9 Å². The summed E-state index contributed by atoms with van der Waals surface area (Å²) in [6.45, 7) is 7.35. The molecule has 1 heterocycles. The van der Waals surface area contributed by atoms with E-state index in [1.807, 2.05) is 20.8 Å². The zero-order chi connectivity index (χ0) is 14.3. The van der Waals surface area contributed by atoms with Gasteiger partial charge in [0.15, 0.2) is 23.6 Å². The van der Waals surface area contributed by atoms with Crippen molar-refractivity contribution in [2.24, 2.45) is 5.92 Å². The van der Waals surface area contributed by atoms with Gasteiger partial charge in [0.25, 0.3) is 0 Å². The summed E-state index contributed by atoms with van der Waals surface area (Å²) < 4.78 is 5.34. The molecule has 2 N–H and O–H groups in total. The Hall–Kier alpha value is -1.55. The van der Waals surface area contributed by atoms with Crippen LogP contribution < -0.4 is 4.74 Å². The third-order valence-corrected chi connectivity index (χ3v) is 3.58. The number of carbonyl (C=O) groups is 1. The average Bonchev–Trinajstić information content (AvgIpc) is 2.32. The Balaban J connectivity index is 2.67. The van der Waals surface area contributed by atoms with Gasteiger partial charge in [-0.3, -0.25) is 4.79 Å². The zero-order valence-corrected chi connectivity index (χ0v) is 11.7. The molecule has 0 fully saturated rings. The van der Waals surface area contributed by atoms with E-state index >= 15 is 0 Å². The van der Waals surface area contributed by atoms with Gasteiger partial charge in [-0.15, -0.1) is 0 Å².